The molecule has 4 nitrogen and oxygen atoms in total. The Labute approximate surface area is 128 Å². The lowest BCUT2D eigenvalue weighted by Gasteiger charge is -2.36. The molecule has 21 heavy (non-hydrogen) atoms. The Morgan fingerprint density at radius 3 is 2.05 bits per heavy atom. The molecule has 0 saturated carbocycles. The van der Waals surface area contributed by atoms with E-state index in [9.17, 15) is 10.2 Å². The number of aliphatic hydroxyl groups excluding tert-OH is 2. The van der Waals surface area contributed by atoms with E-state index < -0.39 is 6.10 Å². The second-order valence-electron chi connectivity index (χ2n) is 6.31. The highest BCUT2D eigenvalue weighted by atomic mass is 16.3. The highest BCUT2D eigenvalue weighted by Gasteiger charge is 2.20. The molecule has 2 rings (SSSR count). The lowest BCUT2D eigenvalue weighted by molar-refractivity contribution is 0.0526. The van der Waals surface area contributed by atoms with E-state index in [-0.39, 0.29) is 6.10 Å². The van der Waals surface area contributed by atoms with Crippen molar-refractivity contribution in [1.29, 1.82) is 0 Å². The predicted molar refractivity (Wildman–Crippen MR) is 85.4 cm³/mol. The van der Waals surface area contributed by atoms with Gasteiger partial charge in [-0.05, 0) is 37.5 Å². The molecule has 0 radical (unpaired) electrons. The first-order valence-electron chi connectivity index (χ1n) is 7.83. The van der Waals surface area contributed by atoms with Gasteiger partial charge < -0.3 is 10.2 Å². The predicted octanol–water partition coefficient (Wildman–Crippen LogP) is 1.34. The van der Waals surface area contributed by atoms with Crippen LogP contribution in [0.1, 0.15) is 29.7 Å². The summed E-state index contributed by atoms with van der Waals surface area (Å²) in [5, 5.41) is 19.8. The quantitative estimate of drug-likeness (QED) is 0.860. The summed E-state index contributed by atoms with van der Waals surface area (Å²) in [6, 6.07) is 6.19. The summed E-state index contributed by atoms with van der Waals surface area (Å²) in [6.45, 7) is 11.3. The number of benzene rings is 1. The Hall–Kier alpha value is -0.940. The normalized spacial score (nSPS) is 20.4. The number of rotatable bonds is 5. The van der Waals surface area contributed by atoms with Crippen LogP contribution in [0.4, 0.5) is 0 Å². The zero-order valence-electron chi connectivity index (χ0n) is 13.4. The molecule has 0 spiro atoms. The van der Waals surface area contributed by atoms with Gasteiger partial charge in [-0.3, -0.25) is 9.80 Å². The number of β-amino-alcohol motifs (C(OH)–C–C–N with tert-alkyl or cyclic N) is 2. The number of hydrogen-bond donors (Lipinski definition) is 2. The van der Waals surface area contributed by atoms with E-state index in [1.54, 1.807) is 0 Å². The Morgan fingerprint density at radius 2 is 1.52 bits per heavy atom. The average Bonchev–Trinajstić information content (AvgIpc) is 2.43. The topological polar surface area (TPSA) is 46.9 Å². The van der Waals surface area contributed by atoms with Gasteiger partial charge in [0.25, 0.3) is 0 Å². The first kappa shape index (κ1) is 16.4. The van der Waals surface area contributed by atoms with E-state index in [1.807, 2.05) is 13.0 Å². The van der Waals surface area contributed by atoms with Gasteiger partial charge in [0.05, 0.1) is 12.2 Å². The van der Waals surface area contributed by atoms with Gasteiger partial charge in [0.15, 0.2) is 0 Å². The number of aryl methyl sites for hydroxylation is 2. The van der Waals surface area contributed by atoms with E-state index in [0.29, 0.717) is 6.54 Å². The second-order valence-corrected chi connectivity index (χ2v) is 6.31. The fraction of sp³-hybridized carbons (Fsp3) is 0.647. The Balaban J connectivity index is 1.84. The van der Waals surface area contributed by atoms with Gasteiger partial charge in [-0.2, -0.15) is 0 Å². The summed E-state index contributed by atoms with van der Waals surface area (Å²) in [7, 11) is 0. The van der Waals surface area contributed by atoms with E-state index in [2.05, 4.69) is 35.8 Å². The average molecular weight is 292 g/mol. The molecule has 1 aliphatic heterocycles. The largest absolute Gasteiger partial charge is 0.392 e. The maximum atomic E-state index is 10.4. The molecular weight excluding hydrogens is 264 g/mol. The fourth-order valence-corrected chi connectivity index (χ4v) is 2.85. The van der Waals surface area contributed by atoms with Gasteiger partial charge in [0, 0.05) is 39.3 Å². The molecule has 1 saturated heterocycles. The standard InChI is InChI=1S/C17H28N2O2/c1-13-4-5-16(10-14(13)2)17(21)12-19-8-6-18(7-9-19)11-15(3)20/h4-5,10,15,17,20-21H,6-9,11-12H2,1-3H3/t15-,17+/m0/s1. The highest BCUT2D eigenvalue weighted by molar-refractivity contribution is 5.31. The van der Waals surface area contributed by atoms with Crippen LogP contribution in [-0.4, -0.2) is 65.4 Å². The number of nitrogens with zero attached hydrogens (tertiary/aromatic N) is 2. The van der Waals surface area contributed by atoms with Crippen LogP contribution in [0.2, 0.25) is 0 Å². The van der Waals surface area contributed by atoms with E-state index in [4.69, 9.17) is 0 Å². The van der Waals surface area contributed by atoms with Crippen LogP contribution >= 0.6 is 0 Å². The Morgan fingerprint density at radius 1 is 0.952 bits per heavy atom. The Bertz CT molecular complexity index is 454. The van der Waals surface area contributed by atoms with Gasteiger partial charge in [-0.15, -0.1) is 0 Å². The minimum Gasteiger partial charge on any atom is -0.392 e. The third-order valence-electron chi connectivity index (χ3n) is 4.33. The number of hydrogen-bond acceptors (Lipinski definition) is 4. The third kappa shape index (κ3) is 4.78. The molecule has 1 fully saturated rings. The first-order valence-corrected chi connectivity index (χ1v) is 7.83. The minimum atomic E-state index is -0.424. The van der Waals surface area contributed by atoms with Crippen molar-refractivity contribution in [2.45, 2.75) is 33.0 Å². The molecule has 1 aromatic rings. The smallest absolute Gasteiger partial charge is 0.0917 e. The molecule has 0 unspecified atom stereocenters. The SMILES string of the molecule is Cc1ccc([C@H](O)CN2CCN(C[C@H](C)O)CC2)cc1C. The maximum absolute atomic E-state index is 10.4. The fourth-order valence-electron chi connectivity index (χ4n) is 2.85. The molecule has 2 N–H and O–H groups in total. The second kappa shape index (κ2) is 7.36. The van der Waals surface area contributed by atoms with Crippen LogP contribution in [0.15, 0.2) is 18.2 Å². The van der Waals surface area contributed by atoms with Crippen molar-refractivity contribution in [2.24, 2.45) is 0 Å². The van der Waals surface area contributed by atoms with Crippen LogP contribution in [-0.2, 0) is 0 Å². The zero-order chi connectivity index (χ0) is 15.4. The molecule has 0 bridgehead atoms. The number of piperazine rings is 1. The molecule has 1 aromatic carbocycles. The van der Waals surface area contributed by atoms with Crippen molar-refractivity contribution in [2.75, 3.05) is 39.3 Å². The molecule has 0 aromatic heterocycles. The lowest BCUT2D eigenvalue weighted by Crippen LogP contribution is -2.49. The van der Waals surface area contributed by atoms with E-state index >= 15 is 0 Å². The minimum absolute atomic E-state index is 0.266. The van der Waals surface area contributed by atoms with Gasteiger partial charge in [-0.1, -0.05) is 18.2 Å². The molecule has 118 valence electrons. The van der Waals surface area contributed by atoms with Crippen molar-refractivity contribution in [3.8, 4) is 0 Å². The zero-order valence-corrected chi connectivity index (χ0v) is 13.4. The lowest BCUT2D eigenvalue weighted by atomic mass is 10.0. The maximum Gasteiger partial charge on any atom is 0.0917 e. The summed E-state index contributed by atoms with van der Waals surface area (Å²) < 4.78 is 0. The Kier molecular flexibility index (Phi) is 5.76. The van der Waals surface area contributed by atoms with Crippen LogP contribution in [0.25, 0.3) is 0 Å². The first-order chi connectivity index (χ1) is 9.95. The summed E-state index contributed by atoms with van der Waals surface area (Å²) in [5.41, 5.74) is 3.50. The van der Waals surface area contributed by atoms with Crippen molar-refractivity contribution >= 4 is 0 Å². The summed E-state index contributed by atoms with van der Waals surface area (Å²) in [5.74, 6) is 0. The van der Waals surface area contributed by atoms with Gasteiger partial charge in [0.1, 0.15) is 0 Å². The van der Waals surface area contributed by atoms with Gasteiger partial charge in [0.2, 0.25) is 0 Å². The number of aliphatic hydroxyl groups is 2. The summed E-state index contributed by atoms with van der Waals surface area (Å²) in [6.07, 6.45) is -0.690. The van der Waals surface area contributed by atoms with Crippen molar-refractivity contribution in [3.63, 3.8) is 0 Å². The summed E-state index contributed by atoms with van der Waals surface area (Å²) >= 11 is 0. The third-order valence-corrected chi connectivity index (χ3v) is 4.33. The summed E-state index contributed by atoms with van der Waals surface area (Å²) in [4.78, 5) is 4.59. The van der Waals surface area contributed by atoms with Gasteiger partial charge in [-0.25, -0.2) is 0 Å². The molecular formula is C17H28N2O2. The van der Waals surface area contributed by atoms with Crippen LogP contribution in [0.5, 0.6) is 0 Å². The molecule has 0 aliphatic carbocycles. The van der Waals surface area contributed by atoms with Crippen molar-refractivity contribution in [3.05, 3.63) is 34.9 Å². The van der Waals surface area contributed by atoms with Gasteiger partial charge >= 0.3 is 0 Å². The van der Waals surface area contributed by atoms with Crippen LogP contribution in [0, 0.1) is 13.8 Å². The van der Waals surface area contributed by atoms with E-state index in [0.717, 1.165) is 38.3 Å². The van der Waals surface area contributed by atoms with E-state index in [1.165, 1.54) is 11.1 Å². The molecule has 1 heterocycles. The molecule has 2 atom stereocenters. The molecule has 1 aliphatic rings. The monoisotopic (exact) mass is 292 g/mol. The van der Waals surface area contributed by atoms with Crippen LogP contribution in [0.3, 0.4) is 0 Å². The molecule has 0 amide bonds. The van der Waals surface area contributed by atoms with Crippen molar-refractivity contribution in [1.82, 2.24) is 9.80 Å². The highest BCUT2D eigenvalue weighted by Crippen LogP contribution is 2.18. The van der Waals surface area contributed by atoms with Crippen LogP contribution < -0.4 is 0 Å². The van der Waals surface area contributed by atoms with Crippen molar-refractivity contribution < 1.29 is 10.2 Å². The molecule has 4 heteroatoms.